The first kappa shape index (κ1) is 10.6. The highest BCUT2D eigenvalue weighted by Crippen LogP contribution is 2.19. The molecule has 2 rings (SSSR count). The molecule has 1 aromatic carbocycles. The largest absolute Gasteiger partial charge is 0.430 e. The van der Waals surface area contributed by atoms with E-state index in [1.54, 1.807) is 18.2 Å². The van der Waals surface area contributed by atoms with Gasteiger partial charge in [0.2, 0.25) is 5.91 Å². The summed E-state index contributed by atoms with van der Waals surface area (Å²) in [4.78, 5) is 14.6. The molecule has 0 radical (unpaired) electrons. The first-order valence-corrected chi connectivity index (χ1v) is 5.71. The molecular weight excluding hydrogens is 230 g/mol. The summed E-state index contributed by atoms with van der Waals surface area (Å²) in [6.45, 7) is 0. The monoisotopic (exact) mass is 239 g/mol. The quantitative estimate of drug-likeness (QED) is 0.732. The number of nitrogen functional groups attached to an aromatic ring is 1. The van der Waals surface area contributed by atoms with Crippen LogP contribution >= 0.6 is 0 Å². The van der Waals surface area contributed by atoms with Crippen LogP contribution in [0.1, 0.15) is 0 Å². The molecule has 1 amide bonds. The number of hydrogen-bond donors (Lipinski definition) is 2. The number of aromatic nitrogens is 1. The van der Waals surface area contributed by atoms with E-state index in [-0.39, 0.29) is 11.0 Å². The molecule has 0 spiro atoms. The number of nitrogens with two attached hydrogens (primary N) is 2. The highest BCUT2D eigenvalue weighted by molar-refractivity contribution is 7.85. The minimum Gasteiger partial charge on any atom is -0.430 e. The van der Waals surface area contributed by atoms with Crippen LogP contribution in [0.3, 0.4) is 0 Å². The van der Waals surface area contributed by atoms with E-state index in [2.05, 4.69) is 4.98 Å². The van der Waals surface area contributed by atoms with Crippen molar-refractivity contribution in [3.63, 3.8) is 0 Å². The molecule has 1 unspecified atom stereocenters. The predicted octanol–water partition coefficient (Wildman–Crippen LogP) is 0.00290. The number of benzene rings is 1. The summed E-state index contributed by atoms with van der Waals surface area (Å²) in [5.74, 6) is -0.970. The zero-order chi connectivity index (χ0) is 11.7. The highest BCUT2D eigenvalue weighted by atomic mass is 32.2. The van der Waals surface area contributed by atoms with E-state index in [9.17, 15) is 9.00 Å². The molecule has 0 aliphatic heterocycles. The Bertz CT molecular complexity index is 578. The zero-order valence-corrected chi connectivity index (χ0v) is 8.99. The normalized spacial score (nSPS) is 12.8. The van der Waals surface area contributed by atoms with Gasteiger partial charge >= 0.3 is 0 Å². The third kappa shape index (κ3) is 2.03. The molecule has 0 saturated heterocycles. The molecule has 0 bridgehead atoms. The van der Waals surface area contributed by atoms with Crippen molar-refractivity contribution in [3.05, 3.63) is 18.2 Å². The standard InChI is InChI=1S/C9H9N3O3S/c10-5-1-2-7-6(3-5)12-9(15-7)16(14)4-8(11)13/h1-3H,4,10H2,(H2,11,13). The fraction of sp³-hybridized carbons (Fsp3) is 0.111. The van der Waals surface area contributed by atoms with Gasteiger partial charge in [0.15, 0.2) is 5.58 Å². The highest BCUT2D eigenvalue weighted by Gasteiger charge is 2.14. The number of nitrogens with zero attached hydrogens (tertiary/aromatic N) is 1. The smallest absolute Gasteiger partial charge is 0.288 e. The van der Waals surface area contributed by atoms with Crippen molar-refractivity contribution in [2.45, 2.75) is 5.22 Å². The van der Waals surface area contributed by atoms with Crippen LogP contribution in [0.2, 0.25) is 0 Å². The van der Waals surface area contributed by atoms with E-state index < -0.39 is 16.7 Å². The van der Waals surface area contributed by atoms with Gasteiger partial charge in [-0.15, -0.1) is 0 Å². The van der Waals surface area contributed by atoms with E-state index in [1.807, 2.05) is 0 Å². The van der Waals surface area contributed by atoms with Crippen molar-refractivity contribution in [3.8, 4) is 0 Å². The number of carbonyl (C=O) groups excluding carboxylic acids is 1. The molecule has 84 valence electrons. The van der Waals surface area contributed by atoms with Crippen molar-refractivity contribution in [1.29, 1.82) is 0 Å². The lowest BCUT2D eigenvalue weighted by Crippen LogP contribution is -2.19. The number of oxazole rings is 1. The van der Waals surface area contributed by atoms with E-state index in [1.165, 1.54) is 0 Å². The molecular formula is C9H9N3O3S. The molecule has 1 atom stereocenters. The van der Waals surface area contributed by atoms with Crippen molar-refractivity contribution >= 4 is 33.5 Å². The molecule has 0 saturated carbocycles. The van der Waals surface area contributed by atoms with Crippen LogP contribution in [0.15, 0.2) is 27.8 Å². The number of fused-ring (bicyclic) bond motifs is 1. The van der Waals surface area contributed by atoms with Gasteiger partial charge in [-0.1, -0.05) is 0 Å². The summed E-state index contributed by atoms with van der Waals surface area (Å²) in [5, 5.41) is -0.0144. The molecule has 0 fully saturated rings. The molecule has 6 nitrogen and oxygen atoms in total. The molecule has 16 heavy (non-hydrogen) atoms. The Labute approximate surface area is 93.1 Å². The van der Waals surface area contributed by atoms with Crippen molar-refractivity contribution in [1.82, 2.24) is 4.98 Å². The molecule has 4 N–H and O–H groups in total. The lowest BCUT2D eigenvalue weighted by Gasteiger charge is -1.90. The topological polar surface area (TPSA) is 112 Å². The van der Waals surface area contributed by atoms with Crippen LogP contribution in [-0.2, 0) is 15.6 Å². The van der Waals surface area contributed by atoms with Gasteiger partial charge in [0, 0.05) is 5.69 Å². The van der Waals surface area contributed by atoms with Gasteiger partial charge in [0.1, 0.15) is 22.1 Å². The second-order valence-electron chi connectivity index (χ2n) is 3.16. The number of amides is 1. The summed E-state index contributed by atoms with van der Waals surface area (Å²) in [7, 11) is -1.65. The zero-order valence-electron chi connectivity index (χ0n) is 8.17. The fourth-order valence-electron chi connectivity index (χ4n) is 1.21. The van der Waals surface area contributed by atoms with Crippen molar-refractivity contribution < 1.29 is 13.4 Å². The van der Waals surface area contributed by atoms with Gasteiger partial charge in [-0.25, -0.2) is 9.19 Å². The minimum atomic E-state index is -1.65. The minimum absolute atomic E-state index is 0.0144. The van der Waals surface area contributed by atoms with Gasteiger partial charge < -0.3 is 15.9 Å². The van der Waals surface area contributed by atoms with Gasteiger partial charge in [0.25, 0.3) is 5.22 Å². The Kier molecular flexibility index (Phi) is 2.61. The van der Waals surface area contributed by atoms with Crippen molar-refractivity contribution in [2.75, 3.05) is 11.5 Å². The number of anilines is 1. The maximum Gasteiger partial charge on any atom is 0.288 e. The average molecular weight is 239 g/mol. The summed E-state index contributed by atoms with van der Waals surface area (Å²) >= 11 is 0. The predicted molar refractivity (Wildman–Crippen MR) is 58.9 cm³/mol. The van der Waals surface area contributed by atoms with Crippen LogP contribution in [0, 0.1) is 0 Å². The first-order valence-electron chi connectivity index (χ1n) is 4.39. The summed E-state index contributed by atoms with van der Waals surface area (Å²) < 4.78 is 16.7. The van der Waals surface area contributed by atoms with Crippen LogP contribution in [0.5, 0.6) is 0 Å². The summed E-state index contributed by atoms with van der Waals surface area (Å²) in [5.41, 5.74) is 12.0. The Morgan fingerprint density at radius 1 is 1.50 bits per heavy atom. The summed E-state index contributed by atoms with van der Waals surface area (Å²) in [6.07, 6.45) is 0. The molecule has 2 aromatic rings. The van der Waals surface area contributed by atoms with E-state index in [4.69, 9.17) is 15.9 Å². The second kappa shape index (κ2) is 3.93. The molecule has 0 aliphatic carbocycles. The molecule has 7 heteroatoms. The third-order valence-corrected chi connectivity index (χ3v) is 2.97. The SMILES string of the molecule is NC(=O)CS(=O)c1nc2cc(N)ccc2o1. The number of primary amides is 1. The lowest BCUT2D eigenvalue weighted by atomic mass is 10.3. The van der Waals surface area contributed by atoms with Gasteiger partial charge in [-0.2, -0.15) is 0 Å². The van der Waals surface area contributed by atoms with E-state index >= 15 is 0 Å². The summed E-state index contributed by atoms with van der Waals surface area (Å²) in [6, 6.07) is 4.88. The third-order valence-electron chi connectivity index (χ3n) is 1.86. The van der Waals surface area contributed by atoms with Crippen LogP contribution in [0.4, 0.5) is 5.69 Å². The lowest BCUT2D eigenvalue weighted by molar-refractivity contribution is -0.115. The number of hydrogen-bond acceptors (Lipinski definition) is 5. The maximum absolute atomic E-state index is 11.5. The Morgan fingerprint density at radius 2 is 2.25 bits per heavy atom. The maximum atomic E-state index is 11.5. The number of rotatable bonds is 3. The van der Waals surface area contributed by atoms with Crippen LogP contribution in [0.25, 0.3) is 11.1 Å². The Morgan fingerprint density at radius 3 is 2.94 bits per heavy atom. The number of carbonyl (C=O) groups is 1. The van der Waals surface area contributed by atoms with E-state index in [0.717, 1.165) is 0 Å². The fourth-order valence-corrected chi connectivity index (χ4v) is 1.98. The van der Waals surface area contributed by atoms with Crippen LogP contribution in [-0.4, -0.2) is 20.9 Å². The molecule has 0 aliphatic rings. The average Bonchev–Trinajstić information content (AvgIpc) is 2.59. The van der Waals surface area contributed by atoms with Crippen molar-refractivity contribution in [2.24, 2.45) is 5.73 Å². The van der Waals surface area contributed by atoms with Crippen LogP contribution < -0.4 is 11.5 Å². The second-order valence-corrected chi connectivity index (χ2v) is 4.49. The van der Waals surface area contributed by atoms with Gasteiger partial charge in [-0.05, 0) is 18.2 Å². The Hall–Kier alpha value is -1.89. The molecule has 1 aromatic heterocycles. The van der Waals surface area contributed by atoms with Gasteiger partial charge in [-0.3, -0.25) is 4.79 Å². The van der Waals surface area contributed by atoms with Gasteiger partial charge in [0.05, 0.1) is 0 Å². The molecule has 1 heterocycles. The van der Waals surface area contributed by atoms with E-state index in [0.29, 0.717) is 16.8 Å². The Balaban J connectivity index is 2.39. The first-order chi connectivity index (χ1) is 7.56.